The molecule has 0 saturated carbocycles. The van der Waals surface area contributed by atoms with Crippen LogP contribution in [-0.2, 0) is 10.8 Å². The van der Waals surface area contributed by atoms with Gasteiger partial charge in [0.05, 0.1) is 0 Å². The fourth-order valence-corrected chi connectivity index (χ4v) is 5.40. The van der Waals surface area contributed by atoms with Crippen molar-refractivity contribution in [2.75, 3.05) is 4.90 Å². The zero-order valence-corrected chi connectivity index (χ0v) is 21.6. The van der Waals surface area contributed by atoms with Crippen LogP contribution in [0.3, 0.4) is 0 Å². The number of nitrogens with zero attached hydrogens (tertiary/aromatic N) is 1. The maximum absolute atomic E-state index is 3.67. The van der Waals surface area contributed by atoms with Gasteiger partial charge in [0, 0.05) is 37.0 Å². The van der Waals surface area contributed by atoms with Gasteiger partial charge in [-0.3, -0.25) is 0 Å². The van der Waals surface area contributed by atoms with Crippen molar-refractivity contribution in [3.63, 3.8) is 0 Å². The number of rotatable bonds is 3. The topological polar surface area (TPSA) is 3.24 Å². The Bertz CT molecular complexity index is 1130. The molecule has 0 saturated heterocycles. The van der Waals surface area contributed by atoms with Gasteiger partial charge >= 0.3 is 0 Å². The first kappa shape index (κ1) is 22.1. The summed E-state index contributed by atoms with van der Waals surface area (Å²) < 4.78 is 2.45. The molecule has 31 heavy (non-hydrogen) atoms. The number of fused-ring (bicyclic) bond motifs is 1. The molecule has 3 heteroatoms. The van der Waals surface area contributed by atoms with Crippen molar-refractivity contribution < 1.29 is 0 Å². The molecular formula is C28H30BrNS. The molecule has 0 radical (unpaired) electrons. The Morgan fingerprint density at radius 1 is 0.645 bits per heavy atom. The van der Waals surface area contributed by atoms with E-state index in [1.165, 1.54) is 38.3 Å². The van der Waals surface area contributed by atoms with E-state index < -0.39 is 0 Å². The molecule has 160 valence electrons. The summed E-state index contributed by atoms with van der Waals surface area (Å²) in [6.45, 7) is 13.5. The number of hydrogen-bond donors (Lipinski definition) is 0. The lowest BCUT2D eigenvalue weighted by atomic mass is 9.86. The molecule has 0 amide bonds. The minimum atomic E-state index is 0.139. The number of anilines is 3. The summed E-state index contributed by atoms with van der Waals surface area (Å²) in [5, 5.41) is 3.43. The number of hydrogen-bond acceptors (Lipinski definition) is 2. The smallest absolute Gasteiger partial charge is 0.0476 e. The highest BCUT2D eigenvalue weighted by Gasteiger charge is 2.19. The van der Waals surface area contributed by atoms with Crippen molar-refractivity contribution in [3.05, 3.63) is 87.7 Å². The summed E-state index contributed by atoms with van der Waals surface area (Å²) in [5.74, 6) is 0. The second-order valence-corrected chi connectivity index (χ2v) is 12.0. The van der Waals surface area contributed by atoms with E-state index in [1.807, 2.05) is 0 Å². The molecule has 0 N–H and O–H groups in total. The first-order valence-electron chi connectivity index (χ1n) is 10.7. The SMILES string of the molecule is CC(C)(C)c1ccc(N(c2ccc(C(C)(C)C)cc2)c2ccc3c(Br)csc3c2)cc1. The van der Waals surface area contributed by atoms with Crippen LogP contribution in [0.1, 0.15) is 52.7 Å². The molecule has 0 bridgehead atoms. The standard InChI is InChI=1S/C28H30BrNS/c1-27(2,3)19-7-11-21(12-8-19)30(22-13-9-20(10-14-22)28(4,5)6)23-15-16-24-25(29)18-31-26(24)17-23/h7-18H,1-6H3. The molecule has 0 aliphatic heterocycles. The quantitative estimate of drug-likeness (QED) is 0.275. The van der Waals surface area contributed by atoms with Crippen LogP contribution < -0.4 is 4.90 Å². The van der Waals surface area contributed by atoms with Crippen molar-refractivity contribution in [2.45, 2.75) is 52.4 Å². The van der Waals surface area contributed by atoms with Gasteiger partial charge in [-0.15, -0.1) is 11.3 Å². The molecule has 0 spiro atoms. The Balaban J connectivity index is 1.83. The van der Waals surface area contributed by atoms with Gasteiger partial charge < -0.3 is 4.90 Å². The maximum atomic E-state index is 3.67. The predicted octanol–water partition coefficient (Wildman–Crippen LogP) is 9.73. The van der Waals surface area contributed by atoms with Gasteiger partial charge in [0.1, 0.15) is 0 Å². The third kappa shape index (κ3) is 4.58. The molecular weight excluding hydrogens is 462 g/mol. The second-order valence-electron chi connectivity index (χ2n) is 10.2. The van der Waals surface area contributed by atoms with E-state index in [-0.39, 0.29) is 10.8 Å². The third-order valence-corrected chi connectivity index (χ3v) is 7.66. The summed E-state index contributed by atoms with van der Waals surface area (Å²) >= 11 is 5.44. The lowest BCUT2D eigenvalue weighted by molar-refractivity contribution is 0.590. The summed E-state index contributed by atoms with van der Waals surface area (Å²) in [6, 6.07) is 24.7. The molecule has 0 fully saturated rings. The van der Waals surface area contributed by atoms with E-state index >= 15 is 0 Å². The third-order valence-electron chi connectivity index (χ3n) is 5.75. The van der Waals surface area contributed by atoms with Crippen LogP contribution in [0.15, 0.2) is 76.6 Å². The zero-order chi connectivity index (χ0) is 22.4. The van der Waals surface area contributed by atoms with Crippen molar-refractivity contribution in [2.24, 2.45) is 0 Å². The van der Waals surface area contributed by atoms with Crippen LogP contribution in [0.2, 0.25) is 0 Å². The normalized spacial score (nSPS) is 12.4. The summed E-state index contributed by atoms with van der Waals surface area (Å²) in [6.07, 6.45) is 0. The van der Waals surface area contributed by atoms with E-state index in [9.17, 15) is 0 Å². The predicted molar refractivity (Wildman–Crippen MR) is 142 cm³/mol. The van der Waals surface area contributed by atoms with Gasteiger partial charge in [-0.05, 0) is 74.3 Å². The first-order chi connectivity index (χ1) is 14.5. The van der Waals surface area contributed by atoms with E-state index in [2.05, 4.69) is 134 Å². The van der Waals surface area contributed by atoms with Gasteiger partial charge in [-0.2, -0.15) is 0 Å². The van der Waals surface area contributed by atoms with Gasteiger partial charge in [0.25, 0.3) is 0 Å². The average molecular weight is 493 g/mol. The molecule has 1 nitrogen and oxygen atoms in total. The number of benzene rings is 3. The Morgan fingerprint density at radius 3 is 1.55 bits per heavy atom. The molecule has 4 rings (SSSR count). The summed E-state index contributed by atoms with van der Waals surface area (Å²) in [7, 11) is 0. The van der Waals surface area contributed by atoms with Gasteiger partial charge in [-0.1, -0.05) is 71.9 Å². The van der Waals surface area contributed by atoms with Crippen LogP contribution >= 0.6 is 27.3 Å². The van der Waals surface area contributed by atoms with Crippen molar-refractivity contribution >= 4 is 54.4 Å². The highest BCUT2D eigenvalue weighted by Crippen LogP contribution is 2.40. The number of thiophene rings is 1. The Morgan fingerprint density at radius 2 is 1.10 bits per heavy atom. The minimum absolute atomic E-state index is 0.139. The molecule has 0 aliphatic carbocycles. The van der Waals surface area contributed by atoms with E-state index in [4.69, 9.17) is 0 Å². The van der Waals surface area contributed by atoms with Crippen molar-refractivity contribution in [3.8, 4) is 0 Å². The largest absolute Gasteiger partial charge is 0.310 e. The van der Waals surface area contributed by atoms with Gasteiger partial charge in [0.15, 0.2) is 0 Å². The molecule has 0 atom stereocenters. The highest BCUT2D eigenvalue weighted by molar-refractivity contribution is 9.10. The Hall–Kier alpha value is -2.10. The van der Waals surface area contributed by atoms with Crippen LogP contribution in [0.4, 0.5) is 17.1 Å². The van der Waals surface area contributed by atoms with Crippen molar-refractivity contribution in [1.82, 2.24) is 0 Å². The van der Waals surface area contributed by atoms with E-state index in [1.54, 1.807) is 11.3 Å². The Kier molecular flexibility index (Phi) is 5.78. The van der Waals surface area contributed by atoms with Crippen LogP contribution in [0.25, 0.3) is 10.1 Å². The summed E-state index contributed by atoms with van der Waals surface area (Å²) in [5.41, 5.74) is 6.49. The molecule has 3 aromatic carbocycles. The van der Waals surface area contributed by atoms with Gasteiger partial charge in [0.2, 0.25) is 0 Å². The Labute approximate surface area is 198 Å². The van der Waals surface area contributed by atoms with Crippen LogP contribution in [0.5, 0.6) is 0 Å². The van der Waals surface area contributed by atoms with E-state index in [0.717, 1.165) is 4.47 Å². The first-order valence-corrected chi connectivity index (χ1v) is 12.4. The molecule has 0 unspecified atom stereocenters. The summed E-state index contributed by atoms with van der Waals surface area (Å²) in [4.78, 5) is 2.35. The lowest BCUT2D eigenvalue weighted by Gasteiger charge is -2.28. The van der Waals surface area contributed by atoms with Crippen molar-refractivity contribution in [1.29, 1.82) is 0 Å². The second kappa shape index (κ2) is 8.11. The van der Waals surface area contributed by atoms with Crippen LogP contribution in [-0.4, -0.2) is 0 Å². The monoisotopic (exact) mass is 491 g/mol. The van der Waals surface area contributed by atoms with Gasteiger partial charge in [-0.25, -0.2) is 0 Å². The molecule has 0 aliphatic rings. The zero-order valence-electron chi connectivity index (χ0n) is 19.2. The average Bonchev–Trinajstić information content (AvgIpc) is 3.08. The molecule has 4 aromatic rings. The molecule has 1 aromatic heterocycles. The minimum Gasteiger partial charge on any atom is -0.310 e. The molecule has 1 heterocycles. The maximum Gasteiger partial charge on any atom is 0.0476 e. The van der Waals surface area contributed by atoms with E-state index in [0.29, 0.717) is 0 Å². The van der Waals surface area contributed by atoms with Crippen LogP contribution in [0, 0.1) is 0 Å². The fraction of sp³-hybridized carbons (Fsp3) is 0.286. The number of halogens is 1. The lowest BCUT2D eigenvalue weighted by Crippen LogP contribution is -2.14. The fourth-order valence-electron chi connectivity index (χ4n) is 3.79. The highest BCUT2D eigenvalue weighted by atomic mass is 79.9.